The van der Waals surface area contributed by atoms with Crippen LogP contribution in [0.1, 0.15) is 0 Å². The second kappa shape index (κ2) is 3.41. The molecule has 0 radical (unpaired) electrons. The number of nitrogens with two attached hydrogens (primary N) is 1. The summed E-state index contributed by atoms with van der Waals surface area (Å²) in [5.41, 5.74) is 5.54. The molecule has 0 aliphatic carbocycles. The van der Waals surface area contributed by atoms with Crippen LogP contribution in [0.4, 0.5) is 5.69 Å². The number of aromatic nitrogens is 3. The summed E-state index contributed by atoms with van der Waals surface area (Å²) in [6, 6.07) is 6.58. The van der Waals surface area contributed by atoms with Crippen molar-refractivity contribution in [1.29, 1.82) is 0 Å². The molecule has 6 heteroatoms. The van der Waals surface area contributed by atoms with Crippen molar-refractivity contribution in [2.45, 2.75) is 0 Å². The number of H-pyrrole nitrogens is 1. The van der Waals surface area contributed by atoms with Gasteiger partial charge in [0.25, 0.3) is 5.56 Å². The Morgan fingerprint density at radius 3 is 2.47 bits per heavy atom. The Kier molecular flexibility index (Phi) is 2.09. The topological polar surface area (TPSA) is 93.8 Å². The number of benzene rings is 1. The van der Waals surface area contributed by atoms with E-state index in [1.807, 2.05) is 0 Å². The number of nitrogens with zero attached hydrogens (tertiary/aromatic N) is 2. The lowest BCUT2D eigenvalue weighted by atomic mass is 10.3. The quantitative estimate of drug-likeness (QED) is 0.612. The summed E-state index contributed by atoms with van der Waals surface area (Å²) < 4.78 is 1.08. The van der Waals surface area contributed by atoms with Crippen LogP contribution in [0, 0.1) is 0 Å². The minimum Gasteiger partial charge on any atom is -0.399 e. The summed E-state index contributed by atoms with van der Waals surface area (Å²) in [6.07, 6.45) is 1.04. The molecule has 0 saturated heterocycles. The van der Waals surface area contributed by atoms with Crippen molar-refractivity contribution >= 4 is 5.69 Å². The van der Waals surface area contributed by atoms with Gasteiger partial charge < -0.3 is 5.73 Å². The third kappa shape index (κ3) is 1.78. The van der Waals surface area contributed by atoms with E-state index in [0.29, 0.717) is 11.4 Å². The minimum absolute atomic E-state index is 0.522. The fourth-order valence-corrected chi connectivity index (χ4v) is 1.15. The molecule has 0 atom stereocenters. The first kappa shape index (κ1) is 9.20. The van der Waals surface area contributed by atoms with E-state index in [1.54, 1.807) is 24.3 Å². The lowest BCUT2D eigenvalue weighted by Crippen LogP contribution is -2.30. The monoisotopic (exact) mass is 204 g/mol. The Balaban J connectivity index is 2.59. The first-order chi connectivity index (χ1) is 7.16. The van der Waals surface area contributed by atoms with Crippen molar-refractivity contribution in [1.82, 2.24) is 14.8 Å². The first-order valence-electron chi connectivity index (χ1n) is 4.21. The van der Waals surface area contributed by atoms with Gasteiger partial charge in [0.1, 0.15) is 6.20 Å². The molecule has 76 valence electrons. The van der Waals surface area contributed by atoms with Crippen LogP contribution in [0.25, 0.3) is 5.69 Å². The van der Waals surface area contributed by atoms with Gasteiger partial charge in [-0.2, -0.15) is 9.78 Å². The summed E-state index contributed by atoms with van der Waals surface area (Å²) in [4.78, 5) is 24.2. The van der Waals surface area contributed by atoms with Crippen molar-refractivity contribution in [3.63, 3.8) is 0 Å². The second-order valence-electron chi connectivity index (χ2n) is 2.94. The van der Waals surface area contributed by atoms with Gasteiger partial charge in [0, 0.05) is 5.69 Å². The summed E-state index contributed by atoms with van der Waals surface area (Å²) in [5.74, 6) is 0. The molecule has 15 heavy (non-hydrogen) atoms. The van der Waals surface area contributed by atoms with Gasteiger partial charge in [-0.15, -0.1) is 0 Å². The van der Waals surface area contributed by atoms with E-state index in [1.165, 1.54) is 0 Å². The lowest BCUT2D eigenvalue weighted by molar-refractivity contribution is 0.750. The highest BCUT2D eigenvalue weighted by Crippen LogP contribution is 2.06. The third-order valence-electron chi connectivity index (χ3n) is 1.85. The van der Waals surface area contributed by atoms with E-state index < -0.39 is 11.2 Å². The highest BCUT2D eigenvalue weighted by molar-refractivity contribution is 5.44. The highest BCUT2D eigenvalue weighted by Gasteiger charge is 2.00. The average Bonchev–Trinajstić information content (AvgIpc) is 2.20. The van der Waals surface area contributed by atoms with Crippen LogP contribution in [0.3, 0.4) is 0 Å². The van der Waals surface area contributed by atoms with Gasteiger partial charge in [0.15, 0.2) is 0 Å². The molecule has 2 rings (SSSR count). The summed E-state index contributed by atoms with van der Waals surface area (Å²) in [7, 11) is 0. The van der Waals surface area contributed by atoms with Crippen molar-refractivity contribution in [3.8, 4) is 5.69 Å². The fraction of sp³-hybridized carbons (Fsp3) is 0. The number of hydrogen-bond donors (Lipinski definition) is 2. The van der Waals surface area contributed by atoms with Crippen molar-refractivity contribution < 1.29 is 0 Å². The predicted octanol–water partition coefficient (Wildman–Crippen LogP) is -0.497. The average molecular weight is 204 g/mol. The van der Waals surface area contributed by atoms with Crippen molar-refractivity contribution in [2.75, 3.05) is 5.73 Å². The second-order valence-corrected chi connectivity index (χ2v) is 2.94. The first-order valence-corrected chi connectivity index (χ1v) is 4.21. The number of rotatable bonds is 1. The molecule has 0 saturated carbocycles. The van der Waals surface area contributed by atoms with E-state index >= 15 is 0 Å². The van der Waals surface area contributed by atoms with Crippen LogP contribution in [0.15, 0.2) is 40.1 Å². The molecule has 2 aromatic rings. The van der Waals surface area contributed by atoms with E-state index in [-0.39, 0.29) is 0 Å². The maximum absolute atomic E-state index is 11.3. The molecule has 0 bridgehead atoms. The number of nitrogen functional groups attached to an aromatic ring is 1. The van der Waals surface area contributed by atoms with Gasteiger partial charge in [0.2, 0.25) is 0 Å². The molecule has 6 nitrogen and oxygen atoms in total. The normalized spacial score (nSPS) is 10.1. The number of nitrogens with one attached hydrogen (secondary N) is 1. The molecular formula is C9H8N4O2. The van der Waals surface area contributed by atoms with Crippen LogP contribution in [0.5, 0.6) is 0 Å². The summed E-state index contributed by atoms with van der Waals surface area (Å²) >= 11 is 0. The Labute approximate surface area is 84.0 Å². The Bertz CT molecular complexity index is 582. The van der Waals surface area contributed by atoms with Gasteiger partial charge in [0.05, 0.1) is 5.69 Å². The van der Waals surface area contributed by atoms with E-state index in [9.17, 15) is 9.59 Å². The molecule has 3 N–H and O–H groups in total. The molecule has 0 amide bonds. The van der Waals surface area contributed by atoms with Crippen molar-refractivity contribution in [2.24, 2.45) is 0 Å². The van der Waals surface area contributed by atoms with Gasteiger partial charge in [-0.05, 0) is 24.3 Å². The van der Waals surface area contributed by atoms with Crippen LogP contribution in [-0.2, 0) is 0 Å². The molecule has 0 spiro atoms. The Hall–Kier alpha value is -2.37. The zero-order chi connectivity index (χ0) is 10.8. The van der Waals surface area contributed by atoms with Crippen LogP contribution >= 0.6 is 0 Å². The highest BCUT2D eigenvalue weighted by atomic mass is 16.2. The minimum atomic E-state index is -0.577. The SMILES string of the molecule is Nc1ccc(-n2ncc(=O)[nH]c2=O)cc1. The molecule has 1 aromatic heterocycles. The molecule has 0 aliphatic rings. The standard InChI is InChI=1S/C9H8N4O2/c10-6-1-3-7(4-2-6)13-9(15)12-8(14)5-11-13/h1-5H,10H2,(H,12,14,15). The third-order valence-corrected chi connectivity index (χ3v) is 1.85. The van der Waals surface area contributed by atoms with Crippen LogP contribution in [-0.4, -0.2) is 14.8 Å². The maximum atomic E-state index is 11.3. The zero-order valence-corrected chi connectivity index (χ0v) is 7.68. The molecule has 0 fully saturated rings. The van der Waals surface area contributed by atoms with Gasteiger partial charge >= 0.3 is 5.69 Å². The number of anilines is 1. The number of aromatic amines is 1. The van der Waals surface area contributed by atoms with Gasteiger partial charge in [-0.25, -0.2) is 4.79 Å². The van der Waals surface area contributed by atoms with E-state index in [0.717, 1.165) is 10.9 Å². The number of hydrogen-bond acceptors (Lipinski definition) is 4. The van der Waals surface area contributed by atoms with Gasteiger partial charge in [-0.3, -0.25) is 9.78 Å². The fourth-order valence-electron chi connectivity index (χ4n) is 1.15. The molecular weight excluding hydrogens is 196 g/mol. The Morgan fingerprint density at radius 2 is 1.87 bits per heavy atom. The Morgan fingerprint density at radius 1 is 1.20 bits per heavy atom. The predicted molar refractivity (Wildman–Crippen MR) is 54.9 cm³/mol. The largest absolute Gasteiger partial charge is 0.399 e. The molecule has 0 unspecified atom stereocenters. The van der Waals surface area contributed by atoms with Gasteiger partial charge in [-0.1, -0.05) is 0 Å². The van der Waals surface area contributed by atoms with E-state index in [4.69, 9.17) is 5.73 Å². The smallest absolute Gasteiger partial charge is 0.349 e. The van der Waals surface area contributed by atoms with Crippen LogP contribution in [0.2, 0.25) is 0 Å². The summed E-state index contributed by atoms with van der Waals surface area (Å²) in [6.45, 7) is 0. The van der Waals surface area contributed by atoms with Crippen molar-refractivity contribution in [3.05, 3.63) is 51.3 Å². The summed E-state index contributed by atoms with van der Waals surface area (Å²) in [5, 5.41) is 3.70. The molecule has 0 aliphatic heterocycles. The van der Waals surface area contributed by atoms with E-state index in [2.05, 4.69) is 10.1 Å². The zero-order valence-electron chi connectivity index (χ0n) is 7.68. The molecule has 1 heterocycles. The maximum Gasteiger partial charge on any atom is 0.349 e. The lowest BCUT2D eigenvalue weighted by Gasteiger charge is -2.02. The van der Waals surface area contributed by atoms with Crippen LogP contribution < -0.4 is 17.0 Å². The molecule has 1 aromatic carbocycles.